The third-order valence-electron chi connectivity index (χ3n) is 3.64. The molecule has 0 spiro atoms. The second kappa shape index (κ2) is 5.52. The van der Waals surface area contributed by atoms with E-state index in [4.69, 9.17) is 0 Å². The molecule has 6 heteroatoms. The molecule has 4 nitrogen and oxygen atoms in total. The molecule has 1 N–H and O–H groups in total. The fourth-order valence-electron chi connectivity index (χ4n) is 2.70. The highest BCUT2D eigenvalue weighted by atomic mass is 32.2. The summed E-state index contributed by atoms with van der Waals surface area (Å²) in [7, 11) is -3.48. The van der Waals surface area contributed by atoms with Gasteiger partial charge in [0.25, 0.3) is 0 Å². The van der Waals surface area contributed by atoms with Crippen LogP contribution in [0.5, 0.6) is 0 Å². The maximum Gasteiger partial charge on any atom is 0.244 e. The summed E-state index contributed by atoms with van der Waals surface area (Å²) < 4.78 is 27.0. The number of thiophene rings is 1. The zero-order valence-electron chi connectivity index (χ0n) is 11.6. The Hall–Kier alpha value is -0.430. The molecule has 0 radical (unpaired) electrons. The number of nitrogens with zero attached hydrogens (tertiary/aromatic N) is 1. The lowest BCUT2D eigenvalue weighted by Gasteiger charge is -2.36. The van der Waals surface area contributed by atoms with E-state index in [1.807, 2.05) is 13.8 Å². The number of hydrogen-bond acceptors (Lipinski definition) is 4. The second-order valence-electron chi connectivity index (χ2n) is 5.20. The Morgan fingerprint density at radius 2 is 2.11 bits per heavy atom. The minimum Gasteiger partial charge on any atom is -0.392 e. The van der Waals surface area contributed by atoms with Crippen LogP contribution in [0.1, 0.15) is 35.9 Å². The van der Waals surface area contributed by atoms with Gasteiger partial charge >= 0.3 is 0 Å². The van der Waals surface area contributed by atoms with Gasteiger partial charge in [-0.2, -0.15) is 4.31 Å². The number of aryl methyl sites for hydroxylation is 2. The summed E-state index contributed by atoms with van der Waals surface area (Å²) in [5.41, 5.74) is 0. The average Bonchev–Trinajstić information content (AvgIpc) is 2.69. The maximum atomic E-state index is 12.8. The smallest absolute Gasteiger partial charge is 0.244 e. The largest absolute Gasteiger partial charge is 0.392 e. The SMILES string of the molecule is Cc1cc(S(=O)(=O)N2CCCCC2C(C)O)c(C)s1. The van der Waals surface area contributed by atoms with Crippen molar-refractivity contribution in [3.63, 3.8) is 0 Å². The van der Waals surface area contributed by atoms with Crippen molar-refractivity contribution in [1.29, 1.82) is 0 Å². The summed E-state index contributed by atoms with van der Waals surface area (Å²) in [6.07, 6.45) is 1.95. The summed E-state index contributed by atoms with van der Waals surface area (Å²) in [6, 6.07) is 1.45. The Morgan fingerprint density at radius 3 is 2.63 bits per heavy atom. The van der Waals surface area contributed by atoms with E-state index >= 15 is 0 Å². The van der Waals surface area contributed by atoms with Crippen molar-refractivity contribution in [2.45, 2.75) is 57.1 Å². The molecule has 1 aliphatic heterocycles. The summed E-state index contributed by atoms with van der Waals surface area (Å²) in [4.78, 5) is 2.23. The first-order chi connectivity index (χ1) is 8.84. The van der Waals surface area contributed by atoms with E-state index in [1.165, 1.54) is 15.6 Å². The van der Waals surface area contributed by atoms with E-state index in [1.54, 1.807) is 13.0 Å². The summed E-state index contributed by atoms with van der Waals surface area (Å²) in [5, 5.41) is 9.83. The Bertz CT molecular complexity index is 548. The van der Waals surface area contributed by atoms with E-state index in [2.05, 4.69) is 0 Å². The third kappa shape index (κ3) is 2.86. The van der Waals surface area contributed by atoms with Crippen LogP contribution in [0.2, 0.25) is 0 Å². The number of hydrogen-bond donors (Lipinski definition) is 1. The highest BCUT2D eigenvalue weighted by Gasteiger charge is 2.36. The molecule has 0 aliphatic carbocycles. The molecule has 1 saturated heterocycles. The van der Waals surface area contributed by atoms with Crippen LogP contribution in [0.25, 0.3) is 0 Å². The molecule has 2 unspecified atom stereocenters. The molecule has 2 heterocycles. The van der Waals surface area contributed by atoms with Gasteiger partial charge in [-0.15, -0.1) is 11.3 Å². The van der Waals surface area contributed by atoms with E-state index in [-0.39, 0.29) is 6.04 Å². The van der Waals surface area contributed by atoms with Crippen molar-refractivity contribution >= 4 is 21.4 Å². The molecule has 108 valence electrons. The fraction of sp³-hybridized carbons (Fsp3) is 0.692. The zero-order valence-corrected chi connectivity index (χ0v) is 13.2. The van der Waals surface area contributed by atoms with E-state index < -0.39 is 16.1 Å². The standard InChI is InChI=1S/C13H21NO3S2/c1-9-8-13(11(3)18-9)19(16,17)14-7-5-4-6-12(14)10(2)15/h8,10,12,15H,4-7H2,1-3H3. The molecular weight excluding hydrogens is 282 g/mol. The molecule has 2 atom stereocenters. The molecule has 1 fully saturated rings. The molecule has 19 heavy (non-hydrogen) atoms. The van der Waals surface area contributed by atoms with E-state index in [0.29, 0.717) is 11.4 Å². The van der Waals surface area contributed by atoms with Crippen LogP contribution >= 0.6 is 11.3 Å². The van der Waals surface area contributed by atoms with Gasteiger partial charge in [-0.3, -0.25) is 0 Å². The maximum absolute atomic E-state index is 12.8. The number of rotatable bonds is 3. The van der Waals surface area contributed by atoms with Gasteiger partial charge in [0.05, 0.1) is 17.0 Å². The predicted octanol–water partition coefficient (Wildman–Crippen LogP) is 2.29. The predicted molar refractivity (Wildman–Crippen MR) is 77.0 cm³/mol. The molecule has 1 aromatic heterocycles. The van der Waals surface area contributed by atoms with Crippen LogP contribution < -0.4 is 0 Å². The lowest BCUT2D eigenvalue weighted by atomic mass is 10.0. The molecule has 0 aromatic carbocycles. The van der Waals surface area contributed by atoms with Crippen molar-refractivity contribution in [1.82, 2.24) is 4.31 Å². The summed E-state index contributed by atoms with van der Waals surface area (Å²) >= 11 is 1.50. The highest BCUT2D eigenvalue weighted by molar-refractivity contribution is 7.89. The number of aliphatic hydroxyl groups is 1. The monoisotopic (exact) mass is 303 g/mol. The van der Waals surface area contributed by atoms with Gasteiger partial charge in [0.1, 0.15) is 0 Å². The molecule has 0 saturated carbocycles. The second-order valence-corrected chi connectivity index (χ2v) is 8.52. The molecule has 0 bridgehead atoms. The third-order valence-corrected chi connectivity index (χ3v) is 6.78. The zero-order chi connectivity index (χ0) is 14.2. The Balaban J connectivity index is 2.40. The van der Waals surface area contributed by atoms with Gasteiger partial charge in [0.15, 0.2) is 0 Å². The van der Waals surface area contributed by atoms with Crippen molar-refractivity contribution in [2.75, 3.05) is 6.54 Å². The molecule has 1 aliphatic rings. The number of aliphatic hydroxyl groups excluding tert-OH is 1. The summed E-state index contributed by atoms with van der Waals surface area (Å²) in [5.74, 6) is 0. The van der Waals surface area contributed by atoms with Gasteiger partial charge in [0, 0.05) is 16.3 Å². The van der Waals surface area contributed by atoms with Crippen molar-refractivity contribution in [3.8, 4) is 0 Å². The van der Waals surface area contributed by atoms with Crippen molar-refractivity contribution in [3.05, 3.63) is 15.8 Å². The van der Waals surface area contributed by atoms with Crippen LogP contribution in [-0.2, 0) is 10.0 Å². The normalized spacial score (nSPS) is 23.5. The first-order valence-corrected chi connectivity index (χ1v) is 8.86. The number of sulfonamides is 1. The Kier molecular flexibility index (Phi) is 4.35. The van der Waals surface area contributed by atoms with Crippen LogP contribution in [0, 0.1) is 13.8 Å². The Labute approximate surface area is 119 Å². The lowest BCUT2D eigenvalue weighted by Crippen LogP contribution is -2.48. The van der Waals surface area contributed by atoms with E-state index in [0.717, 1.165) is 29.0 Å². The van der Waals surface area contributed by atoms with Gasteiger partial charge < -0.3 is 5.11 Å². The minimum atomic E-state index is -3.48. The van der Waals surface area contributed by atoms with Gasteiger partial charge in [0.2, 0.25) is 10.0 Å². The van der Waals surface area contributed by atoms with Crippen LogP contribution in [0.3, 0.4) is 0 Å². The van der Waals surface area contributed by atoms with Crippen molar-refractivity contribution in [2.24, 2.45) is 0 Å². The quantitative estimate of drug-likeness (QED) is 0.932. The molecule has 2 rings (SSSR count). The molecule has 0 amide bonds. The highest BCUT2D eigenvalue weighted by Crippen LogP contribution is 2.32. The van der Waals surface area contributed by atoms with Gasteiger partial charge in [-0.25, -0.2) is 8.42 Å². The van der Waals surface area contributed by atoms with Crippen LogP contribution in [0.4, 0.5) is 0 Å². The number of piperidine rings is 1. The first-order valence-electron chi connectivity index (χ1n) is 6.61. The summed E-state index contributed by atoms with van der Waals surface area (Å²) in [6.45, 7) is 5.93. The van der Waals surface area contributed by atoms with Crippen LogP contribution in [0.15, 0.2) is 11.0 Å². The van der Waals surface area contributed by atoms with Gasteiger partial charge in [-0.1, -0.05) is 6.42 Å². The fourth-order valence-corrected chi connectivity index (χ4v) is 5.98. The average molecular weight is 303 g/mol. The van der Waals surface area contributed by atoms with Crippen molar-refractivity contribution < 1.29 is 13.5 Å². The van der Waals surface area contributed by atoms with Gasteiger partial charge in [-0.05, 0) is 39.7 Å². The van der Waals surface area contributed by atoms with E-state index in [9.17, 15) is 13.5 Å². The molecule has 1 aromatic rings. The lowest BCUT2D eigenvalue weighted by molar-refractivity contribution is 0.0831. The first kappa shape index (κ1) is 15.0. The topological polar surface area (TPSA) is 57.6 Å². The Morgan fingerprint density at radius 1 is 1.42 bits per heavy atom. The van der Waals surface area contributed by atoms with Crippen LogP contribution in [-0.4, -0.2) is 36.5 Å². The molecular formula is C13H21NO3S2. The minimum absolute atomic E-state index is 0.293.